The first-order valence-corrected chi connectivity index (χ1v) is 7.04. The van der Waals surface area contributed by atoms with Crippen LogP contribution in [-0.4, -0.2) is 48.4 Å². The molecule has 2 rings (SSSR count). The lowest BCUT2D eigenvalue weighted by molar-refractivity contribution is 0.0619. The lowest BCUT2D eigenvalue weighted by Gasteiger charge is -2.35. The number of nitrogen functional groups attached to an aromatic ring is 1. The molecule has 4 nitrogen and oxygen atoms in total. The first-order chi connectivity index (χ1) is 9.47. The molecule has 0 spiro atoms. The minimum absolute atomic E-state index is 0.108. The van der Waals surface area contributed by atoms with Crippen LogP contribution in [0.3, 0.4) is 0 Å². The van der Waals surface area contributed by atoms with Crippen molar-refractivity contribution in [3.63, 3.8) is 0 Å². The highest BCUT2D eigenvalue weighted by atomic mass is 19.1. The van der Waals surface area contributed by atoms with Gasteiger partial charge in [-0.2, -0.15) is 0 Å². The Labute approximate surface area is 119 Å². The van der Waals surface area contributed by atoms with Gasteiger partial charge in [0.25, 0.3) is 5.91 Å². The summed E-state index contributed by atoms with van der Waals surface area (Å²) in [5, 5.41) is 0. The minimum Gasteiger partial charge on any atom is -0.399 e. The summed E-state index contributed by atoms with van der Waals surface area (Å²) in [6.07, 6.45) is 0. The second-order valence-electron chi connectivity index (χ2n) is 5.73. The van der Waals surface area contributed by atoms with E-state index in [4.69, 9.17) is 5.73 Å². The third-order valence-corrected chi connectivity index (χ3v) is 3.51. The van der Waals surface area contributed by atoms with Crippen molar-refractivity contribution in [3.8, 4) is 0 Å². The predicted octanol–water partition coefficient (Wildman–Crippen LogP) is 1.82. The highest BCUT2D eigenvalue weighted by Gasteiger charge is 2.24. The molecule has 1 saturated heterocycles. The van der Waals surface area contributed by atoms with E-state index >= 15 is 0 Å². The lowest BCUT2D eigenvalue weighted by atomic mass is 10.1. The SMILES string of the molecule is CC(C)CN1CCN(C(=O)c2ccc(N)cc2F)CC1. The number of carbonyl (C=O) groups is 1. The molecular weight excluding hydrogens is 257 g/mol. The van der Waals surface area contributed by atoms with Crippen LogP contribution in [0.5, 0.6) is 0 Å². The van der Waals surface area contributed by atoms with E-state index in [0.29, 0.717) is 24.7 Å². The fourth-order valence-corrected chi connectivity index (χ4v) is 2.53. The molecule has 1 aliphatic rings. The van der Waals surface area contributed by atoms with Gasteiger partial charge in [-0.3, -0.25) is 9.69 Å². The van der Waals surface area contributed by atoms with E-state index in [-0.39, 0.29) is 11.5 Å². The van der Waals surface area contributed by atoms with Gasteiger partial charge in [-0.25, -0.2) is 4.39 Å². The summed E-state index contributed by atoms with van der Waals surface area (Å²) in [4.78, 5) is 16.3. The number of amides is 1. The molecule has 110 valence electrons. The number of rotatable bonds is 3. The second kappa shape index (κ2) is 6.22. The van der Waals surface area contributed by atoms with Gasteiger partial charge in [0.05, 0.1) is 5.56 Å². The smallest absolute Gasteiger partial charge is 0.256 e. The maximum absolute atomic E-state index is 13.8. The Hall–Kier alpha value is -1.62. The molecule has 0 bridgehead atoms. The van der Waals surface area contributed by atoms with E-state index in [1.165, 1.54) is 12.1 Å². The van der Waals surface area contributed by atoms with Crippen LogP contribution in [0.2, 0.25) is 0 Å². The van der Waals surface area contributed by atoms with Gasteiger partial charge in [-0.15, -0.1) is 0 Å². The number of anilines is 1. The molecule has 1 aromatic rings. The maximum atomic E-state index is 13.8. The first kappa shape index (κ1) is 14.8. The molecule has 0 radical (unpaired) electrons. The molecule has 2 N–H and O–H groups in total. The summed E-state index contributed by atoms with van der Waals surface area (Å²) in [6, 6.07) is 4.22. The highest BCUT2D eigenvalue weighted by Crippen LogP contribution is 2.15. The molecule has 0 aliphatic carbocycles. The van der Waals surface area contributed by atoms with Crippen LogP contribution in [0, 0.1) is 11.7 Å². The fourth-order valence-electron chi connectivity index (χ4n) is 2.53. The Morgan fingerprint density at radius 3 is 2.50 bits per heavy atom. The van der Waals surface area contributed by atoms with Crippen molar-refractivity contribution in [1.82, 2.24) is 9.80 Å². The Morgan fingerprint density at radius 2 is 1.95 bits per heavy atom. The molecule has 1 heterocycles. The van der Waals surface area contributed by atoms with Crippen molar-refractivity contribution >= 4 is 11.6 Å². The second-order valence-corrected chi connectivity index (χ2v) is 5.73. The van der Waals surface area contributed by atoms with Gasteiger partial charge in [0.2, 0.25) is 0 Å². The minimum atomic E-state index is -0.542. The Kier molecular flexibility index (Phi) is 4.60. The summed E-state index contributed by atoms with van der Waals surface area (Å²) in [5.41, 5.74) is 5.94. The van der Waals surface area contributed by atoms with E-state index in [9.17, 15) is 9.18 Å². The molecule has 5 heteroatoms. The molecule has 1 amide bonds. The molecule has 0 saturated carbocycles. The van der Waals surface area contributed by atoms with Crippen LogP contribution in [-0.2, 0) is 0 Å². The molecule has 0 aromatic heterocycles. The largest absolute Gasteiger partial charge is 0.399 e. The van der Waals surface area contributed by atoms with Gasteiger partial charge >= 0.3 is 0 Å². The number of nitrogens with zero attached hydrogens (tertiary/aromatic N) is 2. The van der Waals surface area contributed by atoms with Gasteiger partial charge in [0.1, 0.15) is 5.82 Å². The van der Waals surface area contributed by atoms with Crippen LogP contribution < -0.4 is 5.73 Å². The lowest BCUT2D eigenvalue weighted by Crippen LogP contribution is -2.49. The molecule has 0 atom stereocenters. The van der Waals surface area contributed by atoms with Gasteiger partial charge < -0.3 is 10.6 Å². The summed E-state index contributed by atoms with van der Waals surface area (Å²) >= 11 is 0. The van der Waals surface area contributed by atoms with Crippen LogP contribution in [0.15, 0.2) is 18.2 Å². The van der Waals surface area contributed by atoms with Crippen molar-refractivity contribution in [2.45, 2.75) is 13.8 Å². The zero-order chi connectivity index (χ0) is 14.7. The number of benzene rings is 1. The highest BCUT2D eigenvalue weighted by molar-refractivity contribution is 5.94. The van der Waals surface area contributed by atoms with Crippen molar-refractivity contribution in [1.29, 1.82) is 0 Å². The summed E-state index contributed by atoms with van der Waals surface area (Å²) < 4.78 is 13.8. The number of piperazine rings is 1. The third kappa shape index (κ3) is 3.48. The fraction of sp³-hybridized carbons (Fsp3) is 0.533. The zero-order valence-electron chi connectivity index (χ0n) is 12.1. The number of halogens is 1. The van der Waals surface area contributed by atoms with Crippen molar-refractivity contribution in [2.75, 3.05) is 38.5 Å². The number of hydrogen-bond donors (Lipinski definition) is 1. The molecule has 1 fully saturated rings. The quantitative estimate of drug-likeness (QED) is 0.859. The monoisotopic (exact) mass is 279 g/mol. The van der Waals surface area contributed by atoms with Crippen molar-refractivity contribution in [3.05, 3.63) is 29.6 Å². The van der Waals surface area contributed by atoms with Crippen LogP contribution in [0.4, 0.5) is 10.1 Å². The van der Waals surface area contributed by atoms with Crippen LogP contribution >= 0.6 is 0 Å². The molecule has 20 heavy (non-hydrogen) atoms. The normalized spacial score (nSPS) is 16.7. The number of carbonyl (C=O) groups excluding carboxylic acids is 1. The molecule has 1 aliphatic heterocycles. The van der Waals surface area contributed by atoms with E-state index < -0.39 is 5.82 Å². The third-order valence-electron chi connectivity index (χ3n) is 3.51. The van der Waals surface area contributed by atoms with E-state index in [1.807, 2.05) is 0 Å². The van der Waals surface area contributed by atoms with Gasteiger partial charge in [-0.05, 0) is 24.1 Å². The summed E-state index contributed by atoms with van der Waals surface area (Å²) in [7, 11) is 0. The molecule has 1 aromatic carbocycles. The Bertz CT molecular complexity index is 482. The zero-order valence-corrected chi connectivity index (χ0v) is 12.1. The molecule has 0 unspecified atom stereocenters. The Morgan fingerprint density at radius 1 is 1.30 bits per heavy atom. The first-order valence-electron chi connectivity index (χ1n) is 7.04. The van der Waals surface area contributed by atoms with Crippen molar-refractivity contribution < 1.29 is 9.18 Å². The summed E-state index contributed by atoms with van der Waals surface area (Å²) in [5.74, 6) is -0.168. The van der Waals surface area contributed by atoms with Crippen molar-refractivity contribution in [2.24, 2.45) is 5.92 Å². The topological polar surface area (TPSA) is 49.6 Å². The van der Waals surface area contributed by atoms with Crippen LogP contribution in [0.25, 0.3) is 0 Å². The summed E-state index contributed by atoms with van der Waals surface area (Å²) in [6.45, 7) is 8.40. The van der Waals surface area contributed by atoms with Crippen LogP contribution in [0.1, 0.15) is 24.2 Å². The van der Waals surface area contributed by atoms with Gasteiger partial charge in [-0.1, -0.05) is 13.8 Å². The Balaban J connectivity index is 1.98. The number of hydrogen-bond acceptors (Lipinski definition) is 3. The van der Waals surface area contributed by atoms with E-state index in [1.54, 1.807) is 11.0 Å². The van der Waals surface area contributed by atoms with Gasteiger partial charge in [0.15, 0.2) is 0 Å². The van der Waals surface area contributed by atoms with Gasteiger partial charge in [0, 0.05) is 38.4 Å². The standard InChI is InChI=1S/C15H22FN3O/c1-11(2)10-18-5-7-19(8-6-18)15(20)13-4-3-12(17)9-14(13)16/h3-4,9,11H,5-8,10,17H2,1-2H3. The van der Waals surface area contributed by atoms with E-state index in [2.05, 4.69) is 18.7 Å². The maximum Gasteiger partial charge on any atom is 0.256 e. The number of nitrogens with two attached hydrogens (primary N) is 1. The molecular formula is C15H22FN3O. The van der Waals surface area contributed by atoms with E-state index in [0.717, 1.165) is 19.6 Å². The average molecular weight is 279 g/mol. The average Bonchev–Trinajstić information content (AvgIpc) is 2.38. The predicted molar refractivity (Wildman–Crippen MR) is 78.0 cm³/mol.